The van der Waals surface area contributed by atoms with E-state index in [1.165, 1.54) is 6.07 Å². The highest BCUT2D eigenvalue weighted by Gasteiger charge is 2.38. The lowest BCUT2D eigenvalue weighted by molar-refractivity contribution is -0.142. The van der Waals surface area contributed by atoms with E-state index >= 15 is 0 Å². The van der Waals surface area contributed by atoms with Gasteiger partial charge < -0.3 is 5.32 Å². The van der Waals surface area contributed by atoms with Crippen LogP contribution in [0.25, 0.3) is 0 Å². The number of benzene rings is 1. The number of nitrogens with two attached hydrogens (primary N) is 1. The maximum absolute atomic E-state index is 12.9. The first-order chi connectivity index (χ1) is 12.3. The number of nitrogens with zero attached hydrogens (tertiary/aromatic N) is 1. The van der Waals surface area contributed by atoms with Gasteiger partial charge >= 0.3 is 12.4 Å². The number of alkyl halides is 6. The third-order valence-electron chi connectivity index (χ3n) is 3.43. The summed E-state index contributed by atoms with van der Waals surface area (Å²) in [7, 11) is 0. The molecule has 0 aliphatic heterocycles. The molecule has 1 amide bonds. The predicted molar refractivity (Wildman–Crippen MR) is 87.2 cm³/mol. The quantitative estimate of drug-likeness (QED) is 0.396. The SMILES string of the molecule is CC.C[C@](CCC(F)(F)F)(NN)C(=O)Nc1ccc(C#N)c(C(F)(F)F)c1. The van der Waals surface area contributed by atoms with Gasteiger partial charge in [-0.25, -0.2) is 5.43 Å². The van der Waals surface area contributed by atoms with Gasteiger partial charge in [-0.05, 0) is 31.5 Å². The Morgan fingerprint density at radius 1 is 1.15 bits per heavy atom. The van der Waals surface area contributed by atoms with Gasteiger partial charge in [0.25, 0.3) is 0 Å². The normalized spacial score (nSPS) is 13.7. The van der Waals surface area contributed by atoms with Crippen molar-refractivity contribution in [1.29, 1.82) is 5.26 Å². The molecule has 5 nitrogen and oxygen atoms in total. The molecule has 1 aromatic rings. The number of halogens is 6. The highest BCUT2D eigenvalue weighted by Crippen LogP contribution is 2.34. The summed E-state index contributed by atoms with van der Waals surface area (Å²) in [6, 6.07) is 3.78. The van der Waals surface area contributed by atoms with E-state index in [9.17, 15) is 31.1 Å². The molecule has 1 atom stereocenters. The standard InChI is InChI=1S/C14H14F6N4O.C2H6/c1-12(24-22,4-5-13(15,16)17)11(25)23-9-3-2-8(7-21)10(6-9)14(18,19)20;1-2/h2-3,6,24H,4-5,22H2,1H3,(H,23,25);1-2H3/t12-;/m1./s1. The Morgan fingerprint density at radius 3 is 2.11 bits per heavy atom. The lowest BCUT2D eigenvalue weighted by Gasteiger charge is -2.28. The number of anilines is 1. The van der Waals surface area contributed by atoms with Crippen LogP contribution in [0.15, 0.2) is 18.2 Å². The van der Waals surface area contributed by atoms with Crippen molar-refractivity contribution in [1.82, 2.24) is 5.43 Å². The highest BCUT2D eigenvalue weighted by molar-refractivity contribution is 5.97. The van der Waals surface area contributed by atoms with Crippen molar-refractivity contribution in [3.63, 3.8) is 0 Å². The van der Waals surface area contributed by atoms with E-state index in [1.807, 2.05) is 19.3 Å². The summed E-state index contributed by atoms with van der Waals surface area (Å²) in [6.45, 7) is 5.09. The van der Waals surface area contributed by atoms with Crippen molar-refractivity contribution in [3.8, 4) is 6.07 Å². The van der Waals surface area contributed by atoms with E-state index in [-0.39, 0.29) is 5.69 Å². The fourth-order valence-corrected chi connectivity index (χ4v) is 1.87. The van der Waals surface area contributed by atoms with E-state index < -0.39 is 47.8 Å². The molecular formula is C16H20F6N4O. The van der Waals surface area contributed by atoms with Gasteiger partial charge in [-0.1, -0.05) is 13.8 Å². The molecule has 0 heterocycles. The van der Waals surface area contributed by atoms with Gasteiger partial charge in [0.1, 0.15) is 5.54 Å². The van der Waals surface area contributed by atoms with E-state index in [0.717, 1.165) is 19.1 Å². The Kier molecular flexibility index (Phi) is 8.75. The fourth-order valence-electron chi connectivity index (χ4n) is 1.87. The van der Waals surface area contributed by atoms with Gasteiger partial charge in [0, 0.05) is 12.1 Å². The maximum Gasteiger partial charge on any atom is 0.417 e. The Morgan fingerprint density at radius 2 is 1.70 bits per heavy atom. The van der Waals surface area contributed by atoms with Crippen LogP contribution in [0.2, 0.25) is 0 Å². The van der Waals surface area contributed by atoms with Crippen LogP contribution in [0.1, 0.15) is 44.7 Å². The molecule has 0 saturated carbocycles. The number of hydrogen-bond donors (Lipinski definition) is 3. The van der Waals surface area contributed by atoms with Crippen LogP contribution in [-0.4, -0.2) is 17.6 Å². The Labute approximate surface area is 152 Å². The molecule has 4 N–H and O–H groups in total. The second kappa shape index (κ2) is 9.57. The second-order valence-electron chi connectivity index (χ2n) is 5.42. The average Bonchev–Trinajstić information content (AvgIpc) is 2.60. The van der Waals surface area contributed by atoms with Crippen molar-refractivity contribution < 1.29 is 31.1 Å². The molecule has 0 aliphatic rings. The summed E-state index contributed by atoms with van der Waals surface area (Å²) in [5.74, 6) is 4.09. The Hall–Kier alpha value is -2.32. The predicted octanol–water partition coefficient (Wildman–Crippen LogP) is 4.11. The smallest absolute Gasteiger partial charge is 0.324 e. The van der Waals surface area contributed by atoms with Crippen molar-refractivity contribution in [2.75, 3.05) is 5.32 Å². The number of rotatable bonds is 5. The first kappa shape index (κ1) is 24.7. The molecule has 1 aromatic carbocycles. The maximum atomic E-state index is 12.9. The molecule has 0 aliphatic carbocycles. The summed E-state index contributed by atoms with van der Waals surface area (Å²) in [6.07, 6.45) is -11.4. The first-order valence-corrected chi connectivity index (χ1v) is 7.80. The van der Waals surface area contributed by atoms with Gasteiger partial charge in [0.15, 0.2) is 0 Å². The van der Waals surface area contributed by atoms with E-state index in [2.05, 4.69) is 5.32 Å². The summed E-state index contributed by atoms with van der Waals surface area (Å²) >= 11 is 0. The molecule has 27 heavy (non-hydrogen) atoms. The molecule has 0 spiro atoms. The minimum absolute atomic E-state index is 0.329. The molecule has 152 valence electrons. The van der Waals surface area contributed by atoms with Gasteiger partial charge in [-0.2, -0.15) is 31.6 Å². The number of carbonyl (C=O) groups is 1. The van der Waals surface area contributed by atoms with Crippen LogP contribution in [0.4, 0.5) is 32.0 Å². The number of carbonyl (C=O) groups excluding carboxylic acids is 1. The topological polar surface area (TPSA) is 90.9 Å². The van der Waals surface area contributed by atoms with Crippen LogP contribution in [0.3, 0.4) is 0 Å². The summed E-state index contributed by atoms with van der Waals surface area (Å²) < 4.78 is 75.6. The first-order valence-electron chi connectivity index (χ1n) is 7.80. The highest BCUT2D eigenvalue weighted by atomic mass is 19.4. The van der Waals surface area contributed by atoms with Crippen LogP contribution in [0, 0.1) is 11.3 Å². The summed E-state index contributed by atoms with van der Waals surface area (Å²) in [4.78, 5) is 12.1. The van der Waals surface area contributed by atoms with Crippen LogP contribution in [-0.2, 0) is 11.0 Å². The molecule has 1 rings (SSSR count). The molecule has 0 bridgehead atoms. The lowest BCUT2D eigenvalue weighted by Crippen LogP contribution is -2.55. The molecule has 0 radical (unpaired) electrons. The molecular weight excluding hydrogens is 378 g/mol. The van der Waals surface area contributed by atoms with Crippen molar-refractivity contribution >= 4 is 11.6 Å². The van der Waals surface area contributed by atoms with Gasteiger partial charge in [0.05, 0.1) is 17.2 Å². The van der Waals surface area contributed by atoms with E-state index in [4.69, 9.17) is 11.1 Å². The zero-order valence-electron chi connectivity index (χ0n) is 14.8. The minimum Gasteiger partial charge on any atom is -0.324 e. The average molecular weight is 398 g/mol. The number of nitriles is 1. The van der Waals surface area contributed by atoms with Gasteiger partial charge in [-0.15, -0.1) is 0 Å². The number of hydrazine groups is 1. The van der Waals surface area contributed by atoms with Gasteiger partial charge in [0.2, 0.25) is 5.91 Å². The summed E-state index contributed by atoms with van der Waals surface area (Å²) in [5, 5.41) is 10.8. The number of amides is 1. The molecule has 0 saturated heterocycles. The Bertz CT molecular complexity index is 681. The van der Waals surface area contributed by atoms with Crippen LogP contribution in [0.5, 0.6) is 0 Å². The zero-order valence-corrected chi connectivity index (χ0v) is 14.8. The van der Waals surface area contributed by atoms with Crippen molar-refractivity contribution in [3.05, 3.63) is 29.3 Å². The third kappa shape index (κ3) is 7.44. The molecule has 0 aromatic heterocycles. The molecule has 11 heteroatoms. The van der Waals surface area contributed by atoms with Crippen LogP contribution >= 0.6 is 0 Å². The minimum atomic E-state index is -4.84. The largest absolute Gasteiger partial charge is 0.417 e. The second-order valence-corrected chi connectivity index (χ2v) is 5.42. The van der Waals surface area contributed by atoms with Crippen LogP contribution < -0.4 is 16.6 Å². The van der Waals surface area contributed by atoms with Crippen molar-refractivity contribution in [2.24, 2.45) is 5.84 Å². The molecule has 0 fully saturated rings. The zero-order chi connectivity index (χ0) is 21.5. The number of hydrogen-bond acceptors (Lipinski definition) is 4. The van der Waals surface area contributed by atoms with Crippen molar-refractivity contribution in [2.45, 2.75) is 51.5 Å². The van der Waals surface area contributed by atoms with E-state index in [0.29, 0.717) is 6.07 Å². The third-order valence-corrected chi connectivity index (χ3v) is 3.43. The summed E-state index contributed by atoms with van der Waals surface area (Å²) in [5.41, 5.74) is -2.16. The number of nitrogens with one attached hydrogen (secondary N) is 2. The fraction of sp³-hybridized carbons (Fsp3) is 0.500. The monoisotopic (exact) mass is 398 g/mol. The molecule has 0 unspecified atom stereocenters. The Balaban J connectivity index is 0.00000326. The lowest BCUT2D eigenvalue weighted by atomic mass is 9.95. The van der Waals surface area contributed by atoms with Gasteiger partial charge in [-0.3, -0.25) is 10.6 Å². The van der Waals surface area contributed by atoms with E-state index in [1.54, 1.807) is 0 Å².